The Kier molecular flexibility index (Phi) is 7.48. The second-order valence-corrected chi connectivity index (χ2v) is 2.33. The molecule has 0 rings (SSSR count). The maximum absolute atomic E-state index is 7.85. The molecule has 0 saturated heterocycles. The van der Waals surface area contributed by atoms with Crippen LogP contribution >= 0.6 is 0 Å². The van der Waals surface area contributed by atoms with E-state index in [-0.39, 0.29) is 51.4 Å². The van der Waals surface area contributed by atoms with Crippen LogP contribution in [0.2, 0.25) is 0 Å². The number of rotatable bonds is 1. The van der Waals surface area contributed by atoms with Crippen molar-refractivity contribution in [3.8, 4) is 0 Å². The van der Waals surface area contributed by atoms with Gasteiger partial charge < -0.3 is 18.8 Å². The predicted molar refractivity (Wildman–Crippen MR) is 26.6 cm³/mol. The average Bonchev–Trinajstić information content (AvgIpc) is 1.35. The standard InChI is InChI=1S/CH6O4Si.K.H/c1-5-6(2,3)4;;/h2-4H,1H3;;. The molecule has 0 aliphatic rings. The molecule has 0 saturated carbocycles. The van der Waals surface area contributed by atoms with Crippen molar-refractivity contribution in [2.45, 2.75) is 0 Å². The Hall–Kier alpha value is 1.69. The van der Waals surface area contributed by atoms with E-state index in [0.29, 0.717) is 0 Å². The SMILES string of the molecule is CO[Si](O)(O)O.[KH]. The van der Waals surface area contributed by atoms with Gasteiger partial charge in [0, 0.05) is 7.11 Å². The van der Waals surface area contributed by atoms with E-state index in [0.717, 1.165) is 7.11 Å². The molecule has 0 aromatic rings. The van der Waals surface area contributed by atoms with Gasteiger partial charge in [-0.05, 0) is 0 Å². The van der Waals surface area contributed by atoms with Crippen LogP contribution in [0.25, 0.3) is 0 Å². The van der Waals surface area contributed by atoms with Crippen molar-refractivity contribution < 1.29 is 18.8 Å². The van der Waals surface area contributed by atoms with Gasteiger partial charge in [0.25, 0.3) is 0 Å². The van der Waals surface area contributed by atoms with Gasteiger partial charge in [-0.1, -0.05) is 0 Å². The molecule has 0 aromatic heterocycles. The van der Waals surface area contributed by atoms with Crippen molar-refractivity contribution >= 4 is 60.4 Å². The van der Waals surface area contributed by atoms with E-state index < -0.39 is 9.05 Å². The molecule has 0 aliphatic carbocycles. The first-order chi connectivity index (χ1) is 2.56. The van der Waals surface area contributed by atoms with Crippen LogP contribution in [0.3, 0.4) is 0 Å². The predicted octanol–water partition coefficient (Wildman–Crippen LogP) is -2.60. The summed E-state index contributed by atoms with van der Waals surface area (Å²) in [7, 11) is -3.11. The van der Waals surface area contributed by atoms with E-state index in [1.54, 1.807) is 0 Å². The van der Waals surface area contributed by atoms with E-state index in [1.165, 1.54) is 0 Å². The molecule has 7 heavy (non-hydrogen) atoms. The van der Waals surface area contributed by atoms with E-state index in [4.69, 9.17) is 14.4 Å². The van der Waals surface area contributed by atoms with Gasteiger partial charge in [-0.2, -0.15) is 0 Å². The molecule has 0 heterocycles. The third-order valence-corrected chi connectivity index (χ3v) is 0.822. The van der Waals surface area contributed by atoms with Crippen LogP contribution in [0.1, 0.15) is 0 Å². The Morgan fingerprint density at radius 3 is 1.43 bits per heavy atom. The van der Waals surface area contributed by atoms with Gasteiger partial charge in [0.2, 0.25) is 0 Å². The van der Waals surface area contributed by atoms with Crippen molar-refractivity contribution in [1.29, 1.82) is 0 Å². The first-order valence-corrected chi connectivity index (χ1v) is 3.03. The van der Waals surface area contributed by atoms with Crippen molar-refractivity contribution in [3.63, 3.8) is 0 Å². The number of hydrogen-bond donors (Lipinski definition) is 3. The zero-order valence-electron chi connectivity index (χ0n) is 3.25. The molecule has 0 bridgehead atoms. The fraction of sp³-hybridized carbons (Fsp3) is 1.00. The summed E-state index contributed by atoms with van der Waals surface area (Å²) in [6, 6.07) is 0. The van der Waals surface area contributed by atoms with Gasteiger partial charge in [0.05, 0.1) is 0 Å². The normalized spacial score (nSPS) is 10.3. The van der Waals surface area contributed by atoms with Crippen LogP contribution in [0.15, 0.2) is 0 Å². The molecular formula is CH7KO4Si. The second kappa shape index (κ2) is 4.56. The van der Waals surface area contributed by atoms with E-state index >= 15 is 0 Å². The summed E-state index contributed by atoms with van der Waals surface area (Å²) < 4.78 is 3.74. The van der Waals surface area contributed by atoms with E-state index in [9.17, 15) is 0 Å². The second-order valence-electron chi connectivity index (χ2n) is 0.778. The minimum absolute atomic E-state index is 0. The third-order valence-electron chi connectivity index (χ3n) is 0.274. The Bertz CT molecular complexity index is 41.4. The summed E-state index contributed by atoms with van der Waals surface area (Å²) in [5.41, 5.74) is 0. The van der Waals surface area contributed by atoms with Crippen molar-refractivity contribution in [2.24, 2.45) is 0 Å². The fourth-order valence-electron chi connectivity index (χ4n) is 0. The van der Waals surface area contributed by atoms with Crippen molar-refractivity contribution in [3.05, 3.63) is 0 Å². The van der Waals surface area contributed by atoms with Crippen LogP contribution in [-0.2, 0) is 4.43 Å². The van der Waals surface area contributed by atoms with Gasteiger partial charge in [0.1, 0.15) is 0 Å². The van der Waals surface area contributed by atoms with E-state index in [2.05, 4.69) is 4.43 Å². The van der Waals surface area contributed by atoms with Crippen LogP contribution in [0.4, 0.5) is 0 Å². The first kappa shape index (κ1) is 11.5. The van der Waals surface area contributed by atoms with Crippen LogP contribution in [0, 0.1) is 0 Å². The summed E-state index contributed by atoms with van der Waals surface area (Å²) in [4.78, 5) is 23.6. The molecule has 0 fully saturated rings. The summed E-state index contributed by atoms with van der Waals surface area (Å²) in [6.45, 7) is 0. The molecule has 4 nitrogen and oxygen atoms in total. The molecule has 0 aromatic carbocycles. The molecule has 0 aliphatic heterocycles. The quantitative estimate of drug-likeness (QED) is 0.358. The third kappa shape index (κ3) is 11.3. The minimum atomic E-state index is -4.13. The molecule has 0 spiro atoms. The Morgan fingerprint density at radius 2 is 1.43 bits per heavy atom. The Labute approximate surface area is 85.0 Å². The van der Waals surface area contributed by atoms with Gasteiger partial charge in [-0.15, -0.1) is 0 Å². The molecule has 0 atom stereocenters. The summed E-state index contributed by atoms with van der Waals surface area (Å²) in [5, 5.41) is 0. The molecular weight excluding hydrogens is 143 g/mol. The van der Waals surface area contributed by atoms with Gasteiger partial charge >= 0.3 is 60.4 Å². The molecule has 3 N–H and O–H groups in total. The van der Waals surface area contributed by atoms with Crippen LogP contribution in [-0.4, -0.2) is 81.9 Å². The van der Waals surface area contributed by atoms with Crippen LogP contribution < -0.4 is 0 Å². The zero-order chi connectivity index (χ0) is 5.21. The fourth-order valence-corrected chi connectivity index (χ4v) is 0. The Morgan fingerprint density at radius 1 is 1.29 bits per heavy atom. The topological polar surface area (TPSA) is 69.9 Å². The summed E-state index contributed by atoms with van der Waals surface area (Å²) >= 11 is 0. The van der Waals surface area contributed by atoms with Gasteiger partial charge in [0.15, 0.2) is 0 Å². The summed E-state index contributed by atoms with van der Waals surface area (Å²) in [5.74, 6) is 0. The number of hydrogen-bond acceptors (Lipinski definition) is 4. The molecule has 0 amide bonds. The zero-order valence-corrected chi connectivity index (χ0v) is 4.25. The molecule has 6 heteroatoms. The van der Waals surface area contributed by atoms with Crippen LogP contribution in [0.5, 0.6) is 0 Å². The first-order valence-electron chi connectivity index (χ1n) is 1.28. The molecule has 40 valence electrons. The maximum atomic E-state index is 7.85. The van der Waals surface area contributed by atoms with E-state index in [1.807, 2.05) is 0 Å². The van der Waals surface area contributed by atoms with Crippen molar-refractivity contribution in [2.75, 3.05) is 7.11 Å². The monoisotopic (exact) mass is 150 g/mol. The average molecular weight is 150 g/mol. The van der Waals surface area contributed by atoms with Crippen molar-refractivity contribution in [1.82, 2.24) is 0 Å². The summed E-state index contributed by atoms with van der Waals surface area (Å²) in [6.07, 6.45) is 0. The molecule has 0 radical (unpaired) electrons. The van der Waals surface area contributed by atoms with Gasteiger partial charge in [-0.3, -0.25) is 0 Å². The molecule has 0 unspecified atom stereocenters. The Balaban J connectivity index is 0. The van der Waals surface area contributed by atoms with Gasteiger partial charge in [-0.25, -0.2) is 0 Å².